The Balaban J connectivity index is 1.48. The highest BCUT2D eigenvalue weighted by Gasteiger charge is 2.13. The number of imidazole rings is 1. The van der Waals surface area contributed by atoms with Gasteiger partial charge in [0.2, 0.25) is 0 Å². The third-order valence-electron chi connectivity index (χ3n) is 4.57. The molecule has 0 radical (unpaired) electrons. The van der Waals surface area contributed by atoms with E-state index in [0.717, 1.165) is 29.8 Å². The number of hydrogen-bond acceptors (Lipinski definition) is 2. The number of fused-ring (bicyclic) bond motifs is 1. The van der Waals surface area contributed by atoms with Crippen molar-refractivity contribution in [2.45, 2.75) is 12.3 Å². The summed E-state index contributed by atoms with van der Waals surface area (Å²) in [6.07, 6.45) is 2.80. The second kappa shape index (κ2) is 7.79. The SMILES string of the molecule is C(=NCCC(c1ccccc1)c1ccccc1)c1nc2ccccc2[nH]1. The highest BCUT2D eigenvalue weighted by Crippen LogP contribution is 2.27. The summed E-state index contributed by atoms with van der Waals surface area (Å²) in [7, 11) is 0. The summed E-state index contributed by atoms with van der Waals surface area (Å²) in [5.41, 5.74) is 4.68. The Hall–Kier alpha value is -3.20. The van der Waals surface area contributed by atoms with Gasteiger partial charge in [-0.1, -0.05) is 72.8 Å². The van der Waals surface area contributed by atoms with Crippen LogP contribution in [-0.2, 0) is 0 Å². The highest BCUT2D eigenvalue weighted by molar-refractivity contribution is 5.83. The maximum absolute atomic E-state index is 4.61. The van der Waals surface area contributed by atoms with Gasteiger partial charge < -0.3 is 4.98 Å². The molecule has 128 valence electrons. The van der Waals surface area contributed by atoms with E-state index in [0.29, 0.717) is 5.92 Å². The molecule has 0 amide bonds. The van der Waals surface area contributed by atoms with Crippen molar-refractivity contribution in [2.24, 2.45) is 4.99 Å². The minimum absolute atomic E-state index is 0.352. The molecule has 0 atom stereocenters. The van der Waals surface area contributed by atoms with Crippen molar-refractivity contribution in [1.82, 2.24) is 9.97 Å². The number of aliphatic imine (C=N–C) groups is 1. The Morgan fingerprint density at radius 3 is 2.08 bits per heavy atom. The van der Waals surface area contributed by atoms with Crippen LogP contribution in [0.1, 0.15) is 29.3 Å². The van der Waals surface area contributed by atoms with Crippen LogP contribution in [0, 0.1) is 0 Å². The molecule has 0 unspecified atom stereocenters. The molecule has 1 N–H and O–H groups in total. The number of aromatic amines is 1. The first-order valence-electron chi connectivity index (χ1n) is 8.94. The molecule has 26 heavy (non-hydrogen) atoms. The summed E-state index contributed by atoms with van der Waals surface area (Å²) in [6, 6.07) is 29.3. The van der Waals surface area contributed by atoms with Crippen molar-refractivity contribution in [3.05, 3.63) is 102 Å². The monoisotopic (exact) mass is 339 g/mol. The van der Waals surface area contributed by atoms with Crippen molar-refractivity contribution in [3.8, 4) is 0 Å². The molecule has 1 heterocycles. The molecule has 4 aromatic rings. The maximum Gasteiger partial charge on any atom is 0.149 e. The Bertz CT molecular complexity index is 915. The normalized spacial score (nSPS) is 11.6. The van der Waals surface area contributed by atoms with Crippen LogP contribution in [0.5, 0.6) is 0 Å². The van der Waals surface area contributed by atoms with E-state index >= 15 is 0 Å². The molecule has 0 fully saturated rings. The molecule has 3 heteroatoms. The Morgan fingerprint density at radius 2 is 1.42 bits per heavy atom. The number of H-pyrrole nitrogens is 1. The largest absolute Gasteiger partial charge is 0.337 e. The molecular formula is C23H21N3. The number of rotatable bonds is 6. The van der Waals surface area contributed by atoms with Crippen molar-refractivity contribution >= 4 is 17.2 Å². The molecule has 0 saturated heterocycles. The fourth-order valence-corrected chi connectivity index (χ4v) is 3.28. The minimum Gasteiger partial charge on any atom is -0.337 e. The lowest BCUT2D eigenvalue weighted by molar-refractivity contribution is 0.728. The molecule has 0 aliphatic carbocycles. The number of para-hydroxylation sites is 2. The van der Waals surface area contributed by atoms with Gasteiger partial charge in [0.1, 0.15) is 5.82 Å². The Morgan fingerprint density at radius 1 is 0.808 bits per heavy atom. The number of aromatic nitrogens is 2. The molecule has 3 nitrogen and oxygen atoms in total. The lowest BCUT2D eigenvalue weighted by Gasteiger charge is -2.17. The van der Waals surface area contributed by atoms with Gasteiger partial charge in [0.25, 0.3) is 0 Å². The molecule has 0 saturated carbocycles. The summed E-state index contributed by atoms with van der Waals surface area (Å²) in [5, 5.41) is 0. The zero-order chi connectivity index (χ0) is 17.6. The molecule has 3 aromatic carbocycles. The summed E-state index contributed by atoms with van der Waals surface area (Å²) in [6.45, 7) is 0.755. The topological polar surface area (TPSA) is 41.0 Å². The van der Waals surface area contributed by atoms with Crippen molar-refractivity contribution < 1.29 is 0 Å². The molecule has 0 aliphatic rings. The average Bonchev–Trinajstić information content (AvgIpc) is 3.12. The predicted octanol–water partition coefficient (Wildman–Crippen LogP) is 5.20. The van der Waals surface area contributed by atoms with E-state index in [1.54, 1.807) is 0 Å². The number of nitrogens with one attached hydrogen (secondary N) is 1. The summed E-state index contributed by atoms with van der Waals surface area (Å²) < 4.78 is 0. The van der Waals surface area contributed by atoms with Crippen LogP contribution >= 0.6 is 0 Å². The molecule has 0 bridgehead atoms. The van der Waals surface area contributed by atoms with E-state index in [9.17, 15) is 0 Å². The van der Waals surface area contributed by atoms with Crippen molar-refractivity contribution in [1.29, 1.82) is 0 Å². The van der Waals surface area contributed by atoms with Crippen molar-refractivity contribution in [2.75, 3.05) is 6.54 Å². The molecule has 0 aliphatic heterocycles. The van der Waals surface area contributed by atoms with Crippen LogP contribution in [0.25, 0.3) is 11.0 Å². The van der Waals surface area contributed by atoms with Gasteiger partial charge in [-0.25, -0.2) is 4.98 Å². The third kappa shape index (κ3) is 3.72. The van der Waals surface area contributed by atoms with Crippen LogP contribution in [0.15, 0.2) is 89.9 Å². The fourth-order valence-electron chi connectivity index (χ4n) is 3.28. The average molecular weight is 339 g/mol. The van der Waals surface area contributed by atoms with Gasteiger partial charge in [0.05, 0.1) is 17.2 Å². The maximum atomic E-state index is 4.61. The van der Waals surface area contributed by atoms with E-state index < -0.39 is 0 Å². The van der Waals surface area contributed by atoms with E-state index in [-0.39, 0.29) is 0 Å². The third-order valence-corrected chi connectivity index (χ3v) is 4.57. The minimum atomic E-state index is 0.352. The summed E-state index contributed by atoms with van der Waals surface area (Å²) in [4.78, 5) is 12.4. The van der Waals surface area contributed by atoms with E-state index in [1.165, 1.54) is 11.1 Å². The first kappa shape index (κ1) is 16.3. The van der Waals surface area contributed by atoms with E-state index in [1.807, 2.05) is 30.5 Å². The first-order valence-corrected chi connectivity index (χ1v) is 8.94. The lowest BCUT2D eigenvalue weighted by atomic mass is 9.89. The predicted molar refractivity (Wildman–Crippen MR) is 108 cm³/mol. The van der Waals surface area contributed by atoms with Crippen LogP contribution < -0.4 is 0 Å². The fraction of sp³-hybridized carbons (Fsp3) is 0.130. The molecular weight excluding hydrogens is 318 g/mol. The van der Waals surface area contributed by atoms with Crippen LogP contribution in [0.4, 0.5) is 0 Å². The first-order chi connectivity index (χ1) is 12.9. The lowest BCUT2D eigenvalue weighted by Crippen LogP contribution is -2.03. The van der Waals surface area contributed by atoms with Crippen LogP contribution in [0.3, 0.4) is 0 Å². The summed E-state index contributed by atoms with van der Waals surface area (Å²) >= 11 is 0. The summed E-state index contributed by atoms with van der Waals surface area (Å²) in [5.74, 6) is 1.16. The quantitative estimate of drug-likeness (QED) is 0.482. The number of hydrogen-bond donors (Lipinski definition) is 1. The van der Waals surface area contributed by atoms with Gasteiger partial charge in [-0.2, -0.15) is 0 Å². The number of nitrogens with zero attached hydrogens (tertiary/aromatic N) is 2. The second-order valence-electron chi connectivity index (χ2n) is 6.34. The zero-order valence-electron chi connectivity index (χ0n) is 14.5. The van der Waals surface area contributed by atoms with Gasteiger partial charge in [0, 0.05) is 12.5 Å². The highest BCUT2D eigenvalue weighted by atomic mass is 14.9. The van der Waals surface area contributed by atoms with Crippen molar-refractivity contribution in [3.63, 3.8) is 0 Å². The van der Waals surface area contributed by atoms with E-state index in [4.69, 9.17) is 0 Å². The zero-order valence-corrected chi connectivity index (χ0v) is 14.5. The smallest absolute Gasteiger partial charge is 0.149 e. The Labute approximate surface area is 153 Å². The molecule has 0 spiro atoms. The molecule has 1 aromatic heterocycles. The second-order valence-corrected chi connectivity index (χ2v) is 6.34. The van der Waals surface area contributed by atoms with Crippen LogP contribution in [-0.4, -0.2) is 22.7 Å². The van der Waals surface area contributed by atoms with Gasteiger partial charge in [-0.05, 0) is 29.7 Å². The van der Waals surface area contributed by atoms with E-state index in [2.05, 4.69) is 75.6 Å². The molecule has 4 rings (SSSR count). The van der Waals surface area contributed by atoms with Gasteiger partial charge in [-0.3, -0.25) is 4.99 Å². The van der Waals surface area contributed by atoms with Gasteiger partial charge in [0.15, 0.2) is 0 Å². The standard InChI is InChI=1S/C23H21N3/c1-3-9-18(10-4-1)20(19-11-5-2-6-12-19)15-16-24-17-23-25-21-13-7-8-14-22(21)26-23/h1-14,17,20H,15-16H2,(H,25,26). The Kier molecular flexibility index (Phi) is 4.88. The van der Waals surface area contributed by atoms with Gasteiger partial charge in [-0.15, -0.1) is 0 Å². The van der Waals surface area contributed by atoms with Crippen LogP contribution in [0.2, 0.25) is 0 Å². The number of benzene rings is 3. The van der Waals surface area contributed by atoms with Gasteiger partial charge >= 0.3 is 0 Å².